The van der Waals surface area contributed by atoms with Crippen molar-refractivity contribution in [1.29, 1.82) is 0 Å². The second-order valence-corrected chi connectivity index (χ2v) is 5.76. The van der Waals surface area contributed by atoms with Gasteiger partial charge in [0, 0.05) is 11.1 Å². The maximum atomic E-state index is 11.2. The second kappa shape index (κ2) is 7.51. The Morgan fingerprint density at radius 1 is 0.500 bits per heavy atom. The van der Waals surface area contributed by atoms with Gasteiger partial charge in [-0.1, -0.05) is 72.8 Å². The molecule has 0 heterocycles. The molecule has 0 atom stereocenters. The zero-order valence-corrected chi connectivity index (χ0v) is 13.3. The molecule has 0 N–H and O–H groups in total. The second-order valence-electron chi connectivity index (χ2n) is 5.76. The van der Waals surface area contributed by atoms with E-state index in [9.17, 15) is 9.59 Å². The highest BCUT2D eigenvalue weighted by molar-refractivity contribution is 5.78. The largest absolute Gasteiger partial charge is 0.298 e. The summed E-state index contributed by atoms with van der Waals surface area (Å²) in [5.41, 5.74) is 5.83. The highest BCUT2D eigenvalue weighted by Crippen LogP contribution is 2.20. The van der Waals surface area contributed by atoms with E-state index in [-0.39, 0.29) is 0 Å². The van der Waals surface area contributed by atoms with Crippen molar-refractivity contribution in [2.45, 2.75) is 12.8 Å². The van der Waals surface area contributed by atoms with Gasteiger partial charge in [-0.3, -0.25) is 9.59 Å². The fraction of sp³-hybridized carbons (Fsp3) is 0.0909. The first-order valence-corrected chi connectivity index (χ1v) is 7.95. The number of carbonyl (C=O) groups is 2. The SMILES string of the molecule is O=Cc1ccccc1Cc1ccccc1Cc1ccccc1C=O. The molecule has 3 aromatic rings. The highest BCUT2D eigenvalue weighted by Gasteiger charge is 2.09. The topological polar surface area (TPSA) is 34.1 Å². The average Bonchev–Trinajstić information content (AvgIpc) is 2.64. The molecule has 24 heavy (non-hydrogen) atoms. The summed E-state index contributed by atoms with van der Waals surface area (Å²) < 4.78 is 0. The van der Waals surface area contributed by atoms with Gasteiger partial charge in [0.25, 0.3) is 0 Å². The molecule has 0 radical (unpaired) electrons. The lowest BCUT2D eigenvalue weighted by Crippen LogP contribution is -2.01. The summed E-state index contributed by atoms with van der Waals surface area (Å²) >= 11 is 0. The molecule has 0 aliphatic heterocycles. The maximum absolute atomic E-state index is 11.2. The average molecular weight is 314 g/mol. The Hall–Kier alpha value is -3.00. The normalized spacial score (nSPS) is 10.3. The third kappa shape index (κ3) is 3.49. The zero-order chi connectivity index (χ0) is 16.8. The van der Waals surface area contributed by atoms with Crippen LogP contribution in [0.2, 0.25) is 0 Å². The molecule has 0 saturated carbocycles. The number of benzene rings is 3. The van der Waals surface area contributed by atoms with E-state index in [0.29, 0.717) is 12.8 Å². The fourth-order valence-corrected chi connectivity index (χ4v) is 2.93. The minimum absolute atomic E-state index is 0.703. The van der Waals surface area contributed by atoms with Crippen LogP contribution in [0.25, 0.3) is 0 Å². The fourth-order valence-electron chi connectivity index (χ4n) is 2.93. The molecule has 0 unspecified atom stereocenters. The standard InChI is InChI=1S/C22H18O2/c23-15-21-11-5-3-9-19(21)13-17-7-1-2-8-18(17)14-20-10-4-6-12-22(20)16-24/h1-12,15-16H,13-14H2. The molecule has 0 spiro atoms. The lowest BCUT2D eigenvalue weighted by atomic mass is 9.92. The van der Waals surface area contributed by atoms with Gasteiger partial charge in [-0.2, -0.15) is 0 Å². The van der Waals surface area contributed by atoms with E-state index in [1.54, 1.807) is 0 Å². The maximum Gasteiger partial charge on any atom is 0.150 e. The van der Waals surface area contributed by atoms with Crippen LogP contribution in [0.5, 0.6) is 0 Å². The molecule has 0 saturated heterocycles. The predicted molar refractivity (Wildman–Crippen MR) is 95.7 cm³/mol. The van der Waals surface area contributed by atoms with Crippen molar-refractivity contribution >= 4 is 12.6 Å². The van der Waals surface area contributed by atoms with Gasteiger partial charge in [0.2, 0.25) is 0 Å². The van der Waals surface area contributed by atoms with Gasteiger partial charge in [0.15, 0.2) is 0 Å². The van der Waals surface area contributed by atoms with E-state index in [2.05, 4.69) is 12.1 Å². The van der Waals surface area contributed by atoms with Crippen LogP contribution in [-0.4, -0.2) is 12.6 Å². The molecule has 118 valence electrons. The van der Waals surface area contributed by atoms with Gasteiger partial charge >= 0.3 is 0 Å². The minimum atomic E-state index is 0.703. The van der Waals surface area contributed by atoms with Crippen LogP contribution < -0.4 is 0 Å². The first-order valence-electron chi connectivity index (χ1n) is 7.95. The molecule has 0 aliphatic carbocycles. The first kappa shape index (κ1) is 15.9. The Kier molecular flexibility index (Phi) is 4.97. The van der Waals surface area contributed by atoms with Crippen molar-refractivity contribution in [2.75, 3.05) is 0 Å². The van der Waals surface area contributed by atoms with Gasteiger partial charge in [0.05, 0.1) is 0 Å². The number of carbonyl (C=O) groups excluding carboxylic acids is 2. The molecule has 0 aliphatic rings. The van der Waals surface area contributed by atoms with E-state index in [1.165, 1.54) is 11.1 Å². The summed E-state index contributed by atoms with van der Waals surface area (Å²) in [7, 11) is 0. The summed E-state index contributed by atoms with van der Waals surface area (Å²) in [6, 6.07) is 23.5. The van der Waals surface area contributed by atoms with Gasteiger partial charge in [-0.25, -0.2) is 0 Å². The summed E-state index contributed by atoms with van der Waals surface area (Å²) in [6.45, 7) is 0. The van der Waals surface area contributed by atoms with Gasteiger partial charge < -0.3 is 0 Å². The summed E-state index contributed by atoms with van der Waals surface area (Å²) in [5.74, 6) is 0. The predicted octanol–water partition coefficient (Wildman–Crippen LogP) is 4.49. The molecule has 0 amide bonds. The Morgan fingerprint density at radius 3 is 1.21 bits per heavy atom. The molecule has 3 rings (SSSR count). The number of rotatable bonds is 6. The van der Waals surface area contributed by atoms with Crippen molar-refractivity contribution in [1.82, 2.24) is 0 Å². The molecule has 0 fully saturated rings. The van der Waals surface area contributed by atoms with Gasteiger partial charge in [-0.05, 0) is 35.1 Å². The monoisotopic (exact) mass is 314 g/mol. The van der Waals surface area contributed by atoms with E-state index in [0.717, 1.165) is 34.8 Å². The molecule has 2 nitrogen and oxygen atoms in total. The van der Waals surface area contributed by atoms with Crippen LogP contribution in [0, 0.1) is 0 Å². The van der Waals surface area contributed by atoms with Crippen molar-refractivity contribution in [3.8, 4) is 0 Å². The summed E-state index contributed by atoms with van der Waals surface area (Å²) in [5, 5.41) is 0. The van der Waals surface area contributed by atoms with Crippen molar-refractivity contribution < 1.29 is 9.59 Å². The lowest BCUT2D eigenvalue weighted by molar-refractivity contribution is 0.111. The van der Waals surface area contributed by atoms with Crippen LogP contribution in [0.4, 0.5) is 0 Å². The Morgan fingerprint density at radius 2 is 0.833 bits per heavy atom. The van der Waals surface area contributed by atoms with Crippen LogP contribution in [0.3, 0.4) is 0 Å². The first-order chi connectivity index (χ1) is 11.8. The summed E-state index contributed by atoms with van der Waals surface area (Å²) in [6.07, 6.45) is 3.21. The minimum Gasteiger partial charge on any atom is -0.298 e. The van der Waals surface area contributed by atoms with Crippen LogP contribution in [0.15, 0.2) is 72.8 Å². The molecular formula is C22H18O2. The van der Waals surface area contributed by atoms with Crippen molar-refractivity contribution in [3.63, 3.8) is 0 Å². The van der Waals surface area contributed by atoms with Crippen LogP contribution >= 0.6 is 0 Å². The van der Waals surface area contributed by atoms with Gasteiger partial charge in [-0.15, -0.1) is 0 Å². The van der Waals surface area contributed by atoms with Crippen LogP contribution in [-0.2, 0) is 12.8 Å². The molecule has 0 bridgehead atoms. The quantitative estimate of drug-likeness (QED) is 0.628. The third-order valence-corrected chi connectivity index (χ3v) is 4.24. The van der Waals surface area contributed by atoms with E-state index < -0.39 is 0 Å². The highest BCUT2D eigenvalue weighted by atomic mass is 16.1. The van der Waals surface area contributed by atoms with Crippen molar-refractivity contribution in [3.05, 3.63) is 106 Å². The number of aldehydes is 2. The molecule has 2 heteroatoms. The van der Waals surface area contributed by atoms with Crippen molar-refractivity contribution in [2.24, 2.45) is 0 Å². The smallest absolute Gasteiger partial charge is 0.150 e. The molecule has 0 aromatic heterocycles. The van der Waals surface area contributed by atoms with Gasteiger partial charge in [0.1, 0.15) is 12.6 Å². The van der Waals surface area contributed by atoms with E-state index >= 15 is 0 Å². The number of hydrogen-bond acceptors (Lipinski definition) is 2. The third-order valence-electron chi connectivity index (χ3n) is 4.24. The number of hydrogen-bond donors (Lipinski definition) is 0. The molecular weight excluding hydrogens is 296 g/mol. The van der Waals surface area contributed by atoms with E-state index in [4.69, 9.17) is 0 Å². The Bertz CT molecular complexity index is 793. The Balaban J connectivity index is 1.94. The van der Waals surface area contributed by atoms with E-state index in [1.807, 2.05) is 60.7 Å². The summed E-state index contributed by atoms with van der Waals surface area (Å²) in [4.78, 5) is 22.5. The zero-order valence-electron chi connectivity index (χ0n) is 13.3. The Labute approximate surface area is 141 Å². The molecule has 3 aromatic carbocycles. The lowest BCUT2D eigenvalue weighted by Gasteiger charge is -2.12. The van der Waals surface area contributed by atoms with Crippen LogP contribution in [0.1, 0.15) is 43.0 Å².